The summed E-state index contributed by atoms with van der Waals surface area (Å²) in [5.41, 5.74) is -0.503. The van der Waals surface area contributed by atoms with Gasteiger partial charge < -0.3 is 19.1 Å². The average Bonchev–Trinajstić information content (AvgIpc) is 3.36. The smallest absolute Gasteiger partial charge is 0.416 e. The summed E-state index contributed by atoms with van der Waals surface area (Å²) in [5, 5.41) is 0. The highest BCUT2D eigenvalue weighted by atomic mass is 19.4. The molecule has 5 atom stereocenters. The number of esters is 2. The molecule has 254 valence electrons. The summed E-state index contributed by atoms with van der Waals surface area (Å²) in [6.45, 7) is 12.3. The molecule has 6 rings (SSSR count). The van der Waals surface area contributed by atoms with Crippen LogP contribution in [-0.2, 0) is 37.1 Å². The summed E-state index contributed by atoms with van der Waals surface area (Å²) in [6.07, 6.45) is -1.29. The highest BCUT2D eigenvalue weighted by Gasteiger charge is 2.75. The van der Waals surface area contributed by atoms with Crippen LogP contribution < -0.4 is 9.47 Å². The molecule has 2 heterocycles. The number of halogens is 3. The number of piperidine rings is 1. The summed E-state index contributed by atoms with van der Waals surface area (Å²) in [6, 6.07) is 7.37. The molecule has 0 unspecified atom stereocenters. The Morgan fingerprint density at radius 2 is 1.85 bits per heavy atom. The minimum Gasteiger partial charge on any atom is -0.483 e. The average molecular weight is 665 g/mol. The maximum Gasteiger partial charge on any atom is 0.416 e. The second-order valence-corrected chi connectivity index (χ2v) is 13.5. The number of alkyl halides is 3. The number of nitrogens with zero attached hydrogens (tertiary/aromatic N) is 2. The van der Waals surface area contributed by atoms with Gasteiger partial charge in [-0.2, -0.15) is 13.2 Å². The molecular weight excluding hydrogens is 625 g/mol. The number of carbonyl (C=O) groups excluding carboxylic acids is 3. The summed E-state index contributed by atoms with van der Waals surface area (Å²) in [4.78, 5) is 43.2. The maximum atomic E-state index is 14.0. The topological polar surface area (TPSA) is 85.4 Å². The van der Waals surface area contributed by atoms with E-state index in [0.29, 0.717) is 51.1 Å². The summed E-state index contributed by atoms with van der Waals surface area (Å²) >= 11 is 0. The van der Waals surface area contributed by atoms with E-state index in [0.717, 1.165) is 23.3 Å². The first-order valence-electron chi connectivity index (χ1n) is 16.3. The fourth-order valence-corrected chi connectivity index (χ4v) is 8.67. The van der Waals surface area contributed by atoms with E-state index in [2.05, 4.69) is 23.3 Å². The Bertz CT molecular complexity index is 1710. The normalized spacial score (nSPS) is 26.8. The number of hydrogen-bond acceptors (Lipinski definition) is 7. The molecule has 2 aromatic carbocycles. The molecular formula is C37H39F3N2O6. The van der Waals surface area contributed by atoms with Crippen molar-refractivity contribution < 1.29 is 41.8 Å². The molecule has 0 aromatic heterocycles. The molecule has 1 amide bonds. The van der Waals surface area contributed by atoms with Gasteiger partial charge in [0.15, 0.2) is 11.5 Å². The predicted molar refractivity (Wildman–Crippen MR) is 170 cm³/mol. The van der Waals surface area contributed by atoms with Crippen LogP contribution in [0, 0.1) is 17.8 Å². The van der Waals surface area contributed by atoms with Gasteiger partial charge in [-0.25, -0.2) is 0 Å². The SMILES string of the molecule is C=CCN1CC[C@]23c4c5ccc(OC(C)=O)c4O[C@H]2[C@H](N(CC(C)C)C(=O)C#Cc2ccc(C(F)(F)F)cc2)CC[C@@]3(OC(C)=O)[C@H]1C5. The fourth-order valence-electron chi connectivity index (χ4n) is 8.67. The van der Waals surface area contributed by atoms with Crippen molar-refractivity contribution in [3.63, 3.8) is 0 Å². The Labute approximate surface area is 278 Å². The second-order valence-electron chi connectivity index (χ2n) is 13.5. The standard InChI is InChI=1S/C37H39F3N2O6/c1-6-18-41-19-17-35-32-26-10-13-29(46-23(4)43)33(32)47-34(35)28(15-16-36(35,30(41)20-26)48-24(5)44)42(21-22(2)3)31(45)14-9-25-7-11-27(12-8-25)37(38,39)40/h6-8,10-13,22,28,30,34H,1,15-21H2,2-5H3/t28-,30-,34+,35+,36-/m1/s1. The van der Waals surface area contributed by atoms with Crippen LogP contribution in [-0.4, -0.2) is 71.1 Å². The minimum absolute atomic E-state index is 0.0453. The van der Waals surface area contributed by atoms with Gasteiger partial charge >= 0.3 is 18.1 Å². The number of ether oxygens (including phenoxy) is 3. The monoisotopic (exact) mass is 664 g/mol. The Balaban J connectivity index is 1.46. The van der Waals surface area contributed by atoms with E-state index >= 15 is 0 Å². The maximum absolute atomic E-state index is 14.0. The van der Waals surface area contributed by atoms with Crippen LogP contribution in [0.5, 0.6) is 11.5 Å². The van der Waals surface area contributed by atoms with Crippen molar-refractivity contribution in [1.82, 2.24) is 9.80 Å². The first-order valence-corrected chi connectivity index (χ1v) is 16.3. The number of benzene rings is 2. The van der Waals surface area contributed by atoms with Crippen molar-refractivity contribution in [3.8, 4) is 23.3 Å². The summed E-state index contributed by atoms with van der Waals surface area (Å²) in [7, 11) is 0. The van der Waals surface area contributed by atoms with Crippen LogP contribution in [0.1, 0.15) is 69.2 Å². The van der Waals surface area contributed by atoms with Crippen molar-refractivity contribution >= 4 is 17.8 Å². The molecule has 0 radical (unpaired) electrons. The van der Waals surface area contributed by atoms with Gasteiger partial charge in [-0.1, -0.05) is 31.9 Å². The quantitative estimate of drug-likeness (QED) is 0.169. The number of carbonyl (C=O) groups is 3. The molecule has 8 nitrogen and oxygen atoms in total. The van der Waals surface area contributed by atoms with Crippen LogP contribution in [0.15, 0.2) is 49.1 Å². The van der Waals surface area contributed by atoms with Crippen LogP contribution in [0.3, 0.4) is 0 Å². The molecule has 2 aliphatic heterocycles. The zero-order valence-electron chi connectivity index (χ0n) is 27.5. The van der Waals surface area contributed by atoms with Crippen molar-refractivity contribution in [1.29, 1.82) is 0 Å². The van der Waals surface area contributed by atoms with Crippen LogP contribution in [0.4, 0.5) is 13.2 Å². The van der Waals surface area contributed by atoms with E-state index < -0.39 is 52.7 Å². The van der Waals surface area contributed by atoms with E-state index in [1.807, 2.05) is 26.0 Å². The Morgan fingerprint density at radius 3 is 2.48 bits per heavy atom. The number of likely N-dealkylation sites (tertiary alicyclic amines) is 1. The Hall–Kier alpha value is -4.30. The van der Waals surface area contributed by atoms with E-state index in [4.69, 9.17) is 14.2 Å². The largest absolute Gasteiger partial charge is 0.483 e. The lowest BCUT2D eigenvalue weighted by molar-refractivity contribution is -0.223. The molecule has 2 fully saturated rings. The van der Waals surface area contributed by atoms with E-state index in [-0.39, 0.29) is 23.3 Å². The van der Waals surface area contributed by atoms with Crippen LogP contribution >= 0.6 is 0 Å². The van der Waals surface area contributed by atoms with Crippen molar-refractivity contribution in [2.45, 2.75) is 88.8 Å². The molecule has 0 N–H and O–H groups in total. The molecule has 1 saturated carbocycles. The van der Waals surface area contributed by atoms with E-state index in [1.54, 1.807) is 11.0 Å². The molecule has 11 heteroatoms. The van der Waals surface area contributed by atoms with Gasteiger partial charge in [0.1, 0.15) is 11.7 Å². The van der Waals surface area contributed by atoms with Gasteiger partial charge in [0, 0.05) is 50.5 Å². The lowest BCUT2D eigenvalue weighted by Crippen LogP contribution is -2.79. The molecule has 2 bridgehead atoms. The van der Waals surface area contributed by atoms with Gasteiger partial charge in [-0.05, 0) is 67.5 Å². The van der Waals surface area contributed by atoms with Crippen LogP contribution in [0.2, 0.25) is 0 Å². The van der Waals surface area contributed by atoms with Gasteiger partial charge in [0.2, 0.25) is 0 Å². The Kier molecular flexibility index (Phi) is 8.61. The lowest BCUT2D eigenvalue weighted by Gasteiger charge is -2.65. The second kappa shape index (κ2) is 12.3. The molecule has 2 aliphatic carbocycles. The number of rotatable bonds is 7. The fraction of sp³-hybridized carbons (Fsp3) is 0.486. The predicted octanol–water partition coefficient (Wildman–Crippen LogP) is 5.45. The van der Waals surface area contributed by atoms with Crippen molar-refractivity contribution in [3.05, 3.63) is 71.3 Å². The molecule has 2 aromatic rings. The van der Waals surface area contributed by atoms with Gasteiger partial charge in [0.25, 0.3) is 5.91 Å². The molecule has 48 heavy (non-hydrogen) atoms. The van der Waals surface area contributed by atoms with E-state index in [1.165, 1.54) is 26.0 Å². The molecule has 1 spiro atoms. The van der Waals surface area contributed by atoms with Crippen molar-refractivity contribution in [2.75, 3.05) is 19.6 Å². The zero-order chi connectivity index (χ0) is 34.6. The molecule has 4 aliphatic rings. The summed E-state index contributed by atoms with van der Waals surface area (Å²) < 4.78 is 58.3. The summed E-state index contributed by atoms with van der Waals surface area (Å²) in [5.74, 6) is 4.78. The van der Waals surface area contributed by atoms with Crippen molar-refractivity contribution in [2.24, 2.45) is 5.92 Å². The van der Waals surface area contributed by atoms with E-state index in [9.17, 15) is 27.6 Å². The Morgan fingerprint density at radius 1 is 1.12 bits per heavy atom. The third kappa shape index (κ3) is 5.44. The highest BCUT2D eigenvalue weighted by Crippen LogP contribution is 2.67. The zero-order valence-corrected chi connectivity index (χ0v) is 27.5. The van der Waals surface area contributed by atoms with Crippen LogP contribution in [0.25, 0.3) is 0 Å². The van der Waals surface area contributed by atoms with Gasteiger partial charge in [-0.3, -0.25) is 19.3 Å². The number of hydrogen-bond donors (Lipinski definition) is 0. The highest BCUT2D eigenvalue weighted by molar-refractivity contribution is 5.94. The first-order chi connectivity index (χ1) is 22.7. The molecule has 1 saturated heterocycles. The van der Waals surface area contributed by atoms with Gasteiger partial charge in [-0.15, -0.1) is 6.58 Å². The third-order valence-electron chi connectivity index (χ3n) is 10.2. The van der Waals surface area contributed by atoms with Gasteiger partial charge in [0.05, 0.1) is 23.1 Å². The minimum atomic E-state index is -4.48. The number of amides is 1. The third-order valence-corrected chi connectivity index (χ3v) is 10.2. The first kappa shape index (κ1) is 33.6. The lowest BCUT2D eigenvalue weighted by atomic mass is 9.48.